The van der Waals surface area contributed by atoms with E-state index in [1.165, 1.54) is 18.2 Å². The summed E-state index contributed by atoms with van der Waals surface area (Å²) in [6, 6.07) is 5.41. The van der Waals surface area contributed by atoms with Gasteiger partial charge in [-0.25, -0.2) is 4.79 Å². The van der Waals surface area contributed by atoms with Crippen molar-refractivity contribution in [2.45, 2.75) is 24.5 Å². The second kappa shape index (κ2) is 6.04. The maximum Gasteiger partial charge on any atom is 1.00 e. The predicted molar refractivity (Wildman–Crippen MR) is 66.1 cm³/mol. The van der Waals surface area contributed by atoms with Crippen molar-refractivity contribution in [3.05, 3.63) is 29.8 Å². The largest absolute Gasteiger partial charge is 1.00 e. The molecule has 0 saturated carbocycles. The van der Waals surface area contributed by atoms with Crippen LogP contribution in [0.15, 0.2) is 29.2 Å². The first-order chi connectivity index (χ1) is 7.61. The molecule has 96 valence electrons. The molecule has 0 bridgehead atoms. The van der Waals surface area contributed by atoms with E-state index in [1.807, 2.05) is 0 Å². The quantitative estimate of drug-likeness (QED) is 0.570. The summed E-state index contributed by atoms with van der Waals surface area (Å²) in [5, 5.41) is 0. The summed E-state index contributed by atoms with van der Waals surface area (Å²) in [5.41, 5.74) is -0.141. The van der Waals surface area contributed by atoms with Crippen LogP contribution in [0.25, 0.3) is 0 Å². The van der Waals surface area contributed by atoms with Crippen molar-refractivity contribution in [3.8, 4) is 0 Å². The first-order valence-electron chi connectivity index (χ1n) is 4.91. The zero-order chi connectivity index (χ0) is 13.3. The fourth-order valence-electron chi connectivity index (χ4n) is 1.19. The second-order valence-electron chi connectivity index (χ2n) is 4.47. The van der Waals surface area contributed by atoms with Crippen molar-refractivity contribution in [2.75, 3.05) is 0 Å². The second-order valence-corrected chi connectivity index (χ2v) is 10.3. The summed E-state index contributed by atoms with van der Waals surface area (Å²) in [6.45, 7) is 5.42. The number of hydrogen-bond donors (Lipinski definition) is 1. The Balaban J connectivity index is 0. The Morgan fingerprint density at radius 3 is 2.22 bits per heavy atom. The van der Waals surface area contributed by atoms with Gasteiger partial charge in [-0.3, -0.25) is 4.55 Å². The Hall–Kier alpha value is -0.586. The molecule has 5 nitrogen and oxygen atoms in total. The molecule has 0 aliphatic heterocycles. The maximum absolute atomic E-state index is 11.8. The molecule has 0 aliphatic rings. The molecule has 1 aromatic rings. The first kappa shape index (κ1) is 17.4. The standard InChI is InChI=1S/C10H14O5SSi.Li.H/c1-17(2,3)15-10(11)8-6-4-5-7-9(8)16(12,13)14;;/h4-7H,1-3H3,(H,12,13,14);;/q;+1;-1. The summed E-state index contributed by atoms with van der Waals surface area (Å²) in [5.74, 6) is -0.725. The van der Waals surface area contributed by atoms with Crippen LogP contribution in [0.5, 0.6) is 0 Å². The topological polar surface area (TPSA) is 80.7 Å². The van der Waals surface area contributed by atoms with Crippen LogP contribution in [-0.2, 0) is 14.5 Å². The Morgan fingerprint density at radius 1 is 1.28 bits per heavy atom. The molecule has 1 aromatic carbocycles. The van der Waals surface area contributed by atoms with Gasteiger partial charge in [-0.1, -0.05) is 12.1 Å². The van der Waals surface area contributed by atoms with Gasteiger partial charge in [0.25, 0.3) is 10.1 Å². The molecule has 8 heteroatoms. The average Bonchev–Trinajstić information content (AvgIpc) is 2.13. The molecule has 0 amide bonds. The van der Waals surface area contributed by atoms with Gasteiger partial charge in [0, 0.05) is 0 Å². The van der Waals surface area contributed by atoms with E-state index < -0.39 is 29.3 Å². The van der Waals surface area contributed by atoms with Crippen LogP contribution in [-0.4, -0.2) is 27.3 Å². The van der Waals surface area contributed by atoms with Crippen molar-refractivity contribution >= 4 is 24.4 Å². The van der Waals surface area contributed by atoms with Gasteiger partial charge < -0.3 is 5.85 Å². The van der Waals surface area contributed by atoms with E-state index in [4.69, 9.17) is 8.98 Å². The van der Waals surface area contributed by atoms with Gasteiger partial charge in [0.05, 0.1) is 5.56 Å². The van der Waals surface area contributed by atoms with Crippen LogP contribution in [0.2, 0.25) is 19.6 Å². The van der Waals surface area contributed by atoms with E-state index in [1.54, 1.807) is 19.6 Å². The number of hydrogen-bond acceptors (Lipinski definition) is 4. The number of benzene rings is 1. The molecular weight excluding hydrogens is 267 g/mol. The van der Waals surface area contributed by atoms with E-state index in [-0.39, 0.29) is 25.9 Å². The van der Waals surface area contributed by atoms with Gasteiger partial charge >= 0.3 is 24.8 Å². The molecule has 0 unspecified atom stereocenters. The van der Waals surface area contributed by atoms with E-state index in [0.717, 1.165) is 6.07 Å². The summed E-state index contributed by atoms with van der Waals surface area (Å²) in [6.07, 6.45) is 0. The summed E-state index contributed by atoms with van der Waals surface area (Å²) >= 11 is 0. The third-order valence-corrected chi connectivity index (χ3v) is 3.49. The van der Waals surface area contributed by atoms with Crippen LogP contribution < -0.4 is 18.9 Å². The Labute approximate surface area is 121 Å². The maximum atomic E-state index is 11.8. The zero-order valence-corrected chi connectivity index (χ0v) is 12.6. The number of carbonyl (C=O) groups is 1. The number of carbonyl (C=O) groups excluding carboxylic acids is 1. The molecule has 0 radical (unpaired) electrons. The molecule has 0 fully saturated rings. The molecule has 1 rings (SSSR count). The minimum atomic E-state index is -4.42. The summed E-state index contributed by atoms with van der Waals surface area (Å²) in [4.78, 5) is 11.3. The van der Waals surface area contributed by atoms with Crippen molar-refractivity contribution in [1.29, 1.82) is 0 Å². The molecule has 0 atom stereocenters. The van der Waals surface area contributed by atoms with Gasteiger partial charge in [0.15, 0.2) is 0 Å². The van der Waals surface area contributed by atoms with Gasteiger partial charge in [0.2, 0.25) is 8.32 Å². The number of rotatable bonds is 3. The predicted octanol–water partition coefficient (Wildman–Crippen LogP) is -0.958. The molecule has 1 N–H and O–H groups in total. The molecule has 0 aliphatic carbocycles. The van der Waals surface area contributed by atoms with Gasteiger partial charge in [-0.15, -0.1) is 0 Å². The van der Waals surface area contributed by atoms with E-state index in [0.29, 0.717) is 0 Å². The molecule has 0 heterocycles. The minimum absolute atomic E-state index is 0. The third-order valence-electron chi connectivity index (χ3n) is 1.78. The average molecular weight is 282 g/mol. The summed E-state index contributed by atoms with van der Waals surface area (Å²) < 4.78 is 36.3. The van der Waals surface area contributed by atoms with Gasteiger partial charge in [0.1, 0.15) is 4.90 Å². The SMILES string of the molecule is C[Si](C)(C)OC(=O)c1ccccc1S(=O)(=O)O.[H-].[Li+]. The van der Waals surface area contributed by atoms with Crippen molar-refractivity contribution in [2.24, 2.45) is 0 Å². The smallest absolute Gasteiger partial charge is 1.00 e. The molecule has 0 spiro atoms. The van der Waals surface area contributed by atoms with E-state index in [9.17, 15) is 13.2 Å². The Kier molecular flexibility index (Phi) is 5.84. The Morgan fingerprint density at radius 2 is 1.78 bits per heavy atom. The molecule has 18 heavy (non-hydrogen) atoms. The van der Waals surface area contributed by atoms with Crippen molar-refractivity contribution in [3.63, 3.8) is 0 Å². The van der Waals surface area contributed by atoms with E-state index in [2.05, 4.69) is 0 Å². The van der Waals surface area contributed by atoms with Crippen LogP contribution in [0, 0.1) is 0 Å². The van der Waals surface area contributed by atoms with Crippen LogP contribution in [0.1, 0.15) is 11.8 Å². The fourth-order valence-corrected chi connectivity index (χ4v) is 2.54. The fraction of sp³-hybridized carbons (Fsp3) is 0.300. The van der Waals surface area contributed by atoms with Crippen LogP contribution >= 0.6 is 0 Å². The minimum Gasteiger partial charge on any atom is -1.00 e. The molecule has 0 saturated heterocycles. The zero-order valence-electron chi connectivity index (χ0n) is 11.8. The summed E-state index contributed by atoms with van der Waals surface area (Å²) in [7, 11) is -6.53. The van der Waals surface area contributed by atoms with Crippen molar-refractivity contribution in [1.82, 2.24) is 0 Å². The normalized spacial score (nSPS) is 11.6. The third kappa shape index (κ3) is 4.96. The van der Waals surface area contributed by atoms with Crippen LogP contribution in [0.4, 0.5) is 0 Å². The van der Waals surface area contributed by atoms with Crippen LogP contribution in [0.3, 0.4) is 0 Å². The monoisotopic (exact) mass is 282 g/mol. The van der Waals surface area contributed by atoms with E-state index >= 15 is 0 Å². The first-order valence-corrected chi connectivity index (χ1v) is 9.76. The molecule has 0 aromatic heterocycles. The van der Waals surface area contributed by atoms with Gasteiger partial charge in [-0.2, -0.15) is 8.42 Å². The molecular formula is C10H15LiO5SSi. The van der Waals surface area contributed by atoms with Gasteiger partial charge in [-0.05, 0) is 31.8 Å². The van der Waals surface area contributed by atoms with Crippen molar-refractivity contribution < 1.29 is 42.5 Å². The Bertz CT molecular complexity index is 541.